The van der Waals surface area contributed by atoms with Gasteiger partial charge in [-0.15, -0.1) is 0 Å². The molecule has 8 rings (SSSR count). The van der Waals surface area contributed by atoms with Crippen LogP contribution in [0.25, 0.3) is 33.4 Å². The van der Waals surface area contributed by atoms with Gasteiger partial charge in [0.25, 0.3) is 0 Å². The summed E-state index contributed by atoms with van der Waals surface area (Å²) in [5.74, 6) is 0. The fourth-order valence-corrected chi connectivity index (χ4v) is 8.36. The minimum absolute atomic E-state index is 0.487. The first-order chi connectivity index (χ1) is 25.6. The van der Waals surface area contributed by atoms with E-state index in [1.807, 2.05) is 6.08 Å². The first-order valence-electron chi connectivity index (χ1n) is 18.0. The van der Waals surface area contributed by atoms with Gasteiger partial charge < -0.3 is 4.90 Å². The zero-order valence-corrected chi connectivity index (χ0v) is 29.8. The van der Waals surface area contributed by atoms with E-state index in [4.69, 9.17) is 0 Å². The van der Waals surface area contributed by atoms with E-state index in [0.717, 1.165) is 17.1 Å². The largest absolute Gasteiger partial charge is 0.310 e. The average Bonchev–Trinajstić information content (AvgIpc) is 3.62. The summed E-state index contributed by atoms with van der Waals surface area (Å²) in [6.45, 7) is 12.8. The summed E-state index contributed by atoms with van der Waals surface area (Å²) in [5.41, 5.74) is 17.6. The van der Waals surface area contributed by atoms with Crippen LogP contribution in [0.2, 0.25) is 0 Å². The molecule has 0 radical (unpaired) electrons. The number of fused-ring (bicyclic) bond motifs is 4. The van der Waals surface area contributed by atoms with Gasteiger partial charge in [0.15, 0.2) is 0 Å². The third-order valence-corrected chi connectivity index (χ3v) is 10.6. The summed E-state index contributed by atoms with van der Waals surface area (Å²) in [7, 11) is 0. The van der Waals surface area contributed by atoms with Gasteiger partial charge in [-0.2, -0.15) is 0 Å². The molecule has 1 atom stereocenters. The lowest BCUT2D eigenvalue weighted by atomic mass is 9.69. The fourth-order valence-electron chi connectivity index (χ4n) is 8.36. The van der Waals surface area contributed by atoms with E-state index < -0.39 is 5.41 Å². The highest BCUT2D eigenvalue weighted by Gasteiger charge is 2.51. The van der Waals surface area contributed by atoms with Crippen LogP contribution in [0.1, 0.15) is 36.1 Å². The summed E-state index contributed by atoms with van der Waals surface area (Å²) in [6, 6.07) is 54.9. The zero-order chi connectivity index (χ0) is 35.7. The average molecular weight is 668 g/mol. The lowest BCUT2D eigenvalue weighted by Crippen LogP contribution is -2.27. The molecule has 52 heavy (non-hydrogen) atoms. The Kier molecular flexibility index (Phi) is 8.63. The molecule has 1 spiro atoms. The van der Waals surface area contributed by atoms with Crippen molar-refractivity contribution in [3.05, 3.63) is 235 Å². The van der Waals surface area contributed by atoms with E-state index in [9.17, 15) is 0 Å². The third-order valence-electron chi connectivity index (χ3n) is 10.6. The van der Waals surface area contributed by atoms with Crippen molar-refractivity contribution in [3.63, 3.8) is 0 Å². The predicted molar refractivity (Wildman–Crippen MR) is 223 cm³/mol. The van der Waals surface area contributed by atoms with Gasteiger partial charge >= 0.3 is 0 Å². The Morgan fingerprint density at radius 3 is 1.60 bits per heavy atom. The zero-order valence-electron chi connectivity index (χ0n) is 29.8. The van der Waals surface area contributed by atoms with Crippen LogP contribution in [0.15, 0.2) is 212 Å². The maximum absolute atomic E-state index is 4.43. The molecule has 0 aliphatic heterocycles. The van der Waals surface area contributed by atoms with E-state index in [2.05, 4.69) is 214 Å². The van der Waals surface area contributed by atoms with Crippen molar-refractivity contribution >= 4 is 28.2 Å². The van der Waals surface area contributed by atoms with E-state index >= 15 is 0 Å². The quantitative estimate of drug-likeness (QED) is 0.139. The Hall–Kier alpha value is -6.44. The molecule has 1 heteroatoms. The Morgan fingerprint density at radius 2 is 1.04 bits per heavy atom. The Balaban J connectivity index is 1.35. The fraction of sp³-hybridized carbons (Fsp3) is 0.0588. The molecule has 1 nitrogen and oxygen atoms in total. The van der Waals surface area contributed by atoms with Crippen LogP contribution < -0.4 is 4.90 Å². The minimum atomic E-state index is -0.487. The van der Waals surface area contributed by atoms with Crippen molar-refractivity contribution in [2.24, 2.45) is 0 Å². The van der Waals surface area contributed by atoms with Crippen LogP contribution in [0.4, 0.5) is 17.1 Å². The molecule has 250 valence electrons. The summed E-state index contributed by atoms with van der Waals surface area (Å²) >= 11 is 0. The molecule has 0 amide bonds. The van der Waals surface area contributed by atoms with Crippen LogP contribution >= 0.6 is 0 Å². The van der Waals surface area contributed by atoms with Gasteiger partial charge in [-0.05, 0) is 117 Å². The SMILES string of the molecule is C=C/C=C\C1=C(C)C2(C(C=C)=C(/C=C\C)c3ccccc32)c2cc(N(c3ccc(-c4ccccc4)cc3)c3ccc(-c4ccccc4)cc3)ccc21. The highest BCUT2D eigenvalue weighted by atomic mass is 15.1. The van der Waals surface area contributed by atoms with E-state index in [1.54, 1.807) is 0 Å². The van der Waals surface area contributed by atoms with E-state index in [-0.39, 0.29) is 0 Å². The maximum Gasteiger partial charge on any atom is 0.0686 e. The minimum Gasteiger partial charge on any atom is -0.310 e. The van der Waals surface area contributed by atoms with Gasteiger partial charge in [-0.3, -0.25) is 0 Å². The molecular formula is C51H41N. The monoisotopic (exact) mass is 667 g/mol. The second-order valence-electron chi connectivity index (χ2n) is 13.4. The van der Waals surface area contributed by atoms with Crippen LogP contribution in [0.3, 0.4) is 0 Å². The highest BCUT2D eigenvalue weighted by Crippen LogP contribution is 2.62. The number of rotatable bonds is 9. The Morgan fingerprint density at radius 1 is 0.519 bits per heavy atom. The second-order valence-corrected chi connectivity index (χ2v) is 13.4. The molecule has 0 saturated heterocycles. The molecule has 1 unspecified atom stereocenters. The number of allylic oxidation sites excluding steroid dienone is 10. The normalized spacial score (nSPS) is 16.2. The first kappa shape index (κ1) is 32.7. The standard InChI is InChI=1S/C51H41N/c1-5-8-22-44-36(4)51(48(7-3)45(17-6-2)46-23-15-16-24-49(46)51)50-35-43(33-34-47(44)50)52(41-29-25-39(26-30-41)37-18-11-9-12-19-37)42-31-27-40(28-32-42)38-20-13-10-14-21-38/h5-35H,1,3H2,2,4H3/b17-6-,22-8-. The molecule has 0 heterocycles. The number of anilines is 3. The highest BCUT2D eigenvalue weighted by molar-refractivity contribution is 5.99. The molecule has 6 aromatic carbocycles. The number of hydrogen-bond donors (Lipinski definition) is 0. The van der Waals surface area contributed by atoms with Crippen molar-refractivity contribution < 1.29 is 0 Å². The number of hydrogen-bond acceptors (Lipinski definition) is 1. The molecule has 0 aromatic heterocycles. The van der Waals surface area contributed by atoms with Crippen LogP contribution in [-0.4, -0.2) is 0 Å². The molecule has 6 aromatic rings. The van der Waals surface area contributed by atoms with Gasteiger partial charge in [-0.1, -0.05) is 165 Å². The van der Waals surface area contributed by atoms with Crippen molar-refractivity contribution in [1.29, 1.82) is 0 Å². The topological polar surface area (TPSA) is 3.24 Å². The van der Waals surface area contributed by atoms with Gasteiger partial charge in [0.2, 0.25) is 0 Å². The van der Waals surface area contributed by atoms with Crippen molar-refractivity contribution in [2.75, 3.05) is 4.90 Å². The number of benzene rings is 6. The van der Waals surface area contributed by atoms with Crippen molar-refractivity contribution in [1.82, 2.24) is 0 Å². The van der Waals surface area contributed by atoms with Gasteiger partial charge in [0, 0.05) is 17.1 Å². The predicted octanol–water partition coefficient (Wildman–Crippen LogP) is 13.8. The van der Waals surface area contributed by atoms with Crippen LogP contribution in [-0.2, 0) is 5.41 Å². The van der Waals surface area contributed by atoms with E-state index in [1.165, 1.54) is 66.8 Å². The van der Waals surface area contributed by atoms with Crippen molar-refractivity contribution in [2.45, 2.75) is 19.3 Å². The van der Waals surface area contributed by atoms with Crippen molar-refractivity contribution in [3.8, 4) is 22.3 Å². The van der Waals surface area contributed by atoms with Gasteiger partial charge in [-0.25, -0.2) is 0 Å². The maximum atomic E-state index is 4.43. The summed E-state index contributed by atoms with van der Waals surface area (Å²) in [6.07, 6.45) is 12.6. The molecule has 2 aliphatic carbocycles. The lowest BCUT2D eigenvalue weighted by molar-refractivity contribution is 0.760. The van der Waals surface area contributed by atoms with E-state index in [0.29, 0.717) is 0 Å². The van der Waals surface area contributed by atoms with Crippen LogP contribution in [0.5, 0.6) is 0 Å². The lowest BCUT2D eigenvalue weighted by Gasteiger charge is -2.33. The smallest absolute Gasteiger partial charge is 0.0686 e. The molecule has 0 fully saturated rings. The molecule has 0 bridgehead atoms. The molecule has 0 N–H and O–H groups in total. The summed E-state index contributed by atoms with van der Waals surface area (Å²) < 4.78 is 0. The molecule has 2 aliphatic rings. The van der Waals surface area contributed by atoms with Gasteiger partial charge in [0.05, 0.1) is 5.41 Å². The molecular weight excluding hydrogens is 627 g/mol. The van der Waals surface area contributed by atoms with Gasteiger partial charge in [0.1, 0.15) is 0 Å². The number of nitrogens with zero attached hydrogens (tertiary/aromatic N) is 1. The Labute approximate surface area is 308 Å². The van der Waals surface area contributed by atoms with Crippen LogP contribution in [0, 0.1) is 0 Å². The summed E-state index contributed by atoms with van der Waals surface area (Å²) in [4.78, 5) is 2.38. The Bertz CT molecular complexity index is 2340. The third kappa shape index (κ3) is 5.25. The molecule has 0 saturated carbocycles. The first-order valence-corrected chi connectivity index (χ1v) is 18.0. The summed E-state index contributed by atoms with van der Waals surface area (Å²) in [5, 5.41) is 0. The second kappa shape index (κ2) is 13.7.